The van der Waals surface area contributed by atoms with Gasteiger partial charge in [-0.25, -0.2) is 4.52 Å². The van der Waals surface area contributed by atoms with Gasteiger partial charge in [-0.1, -0.05) is 40.2 Å². The smallest absolute Gasteiger partial charge is 0.254 e. The van der Waals surface area contributed by atoms with Gasteiger partial charge < -0.3 is 15.3 Å². The van der Waals surface area contributed by atoms with Crippen molar-refractivity contribution in [3.05, 3.63) is 70.5 Å². The highest BCUT2D eigenvalue weighted by Crippen LogP contribution is 2.39. The van der Waals surface area contributed by atoms with Crippen molar-refractivity contribution in [3.63, 3.8) is 0 Å². The zero-order valence-electron chi connectivity index (χ0n) is 24.3. The number of hydrogen-bond donors (Lipinski definition) is 2. The summed E-state index contributed by atoms with van der Waals surface area (Å²) in [4.78, 5) is 27.9. The van der Waals surface area contributed by atoms with Gasteiger partial charge in [0, 0.05) is 50.8 Å². The molecule has 2 aliphatic rings. The Hall–Kier alpha value is -3.19. The molecule has 1 aromatic carbocycles. The molecule has 7 nitrogen and oxygen atoms in total. The van der Waals surface area contributed by atoms with Crippen LogP contribution >= 0.6 is 0 Å². The quantitative estimate of drug-likeness (QED) is 0.443. The molecule has 1 aliphatic heterocycles. The number of aryl methyl sites for hydroxylation is 1. The Morgan fingerprint density at radius 2 is 1.58 bits per heavy atom. The number of nitrogens with zero attached hydrogens (tertiary/aromatic N) is 3. The molecular weight excluding hydrogens is 476 g/mol. The molecule has 38 heavy (non-hydrogen) atoms. The summed E-state index contributed by atoms with van der Waals surface area (Å²) in [5.41, 5.74) is 5.80. The average Bonchev–Trinajstić information content (AvgIpc) is 3.43. The largest absolute Gasteiger partial charge is 0.400 e. The molecule has 5 rings (SSSR count). The van der Waals surface area contributed by atoms with Crippen LogP contribution in [-0.2, 0) is 0 Å². The maximum Gasteiger partial charge on any atom is 0.254 e. The van der Waals surface area contributed by atoms with Crippen LogP contribution in [0.2, 0.25) is 0 Å². The van der Waals surface area contributed by atoms with E-state index in [1.54, 1.807) is 7.05 Å². The van der Waals surface area contributed by atoms with E-state index in [4.69, 9.17) is 5.11 Å². The number of carbonyl (C=O) groups excluding carboxylic acids is 2. The summed E-state index contributed by atoms with van der Waals surface area (Å²) in [5, 5.41) is 14.0. The van der Waals surface area contributed by atoms with Crippen LogP contribution in [0.25, 0.3) is 5.52 Å². The number of rotatable bonds is 4. The van der Waals surface area contributed by atoms with Crippen molar-refractivity contribution in [2.24, 2.45) is 0 Å². The van der Waals surface area contributed by atoms with E-state index >= 15 is 0 Å². The summed E-state index contributed by atoms with van der Waals surface area (Å²) in [5.74, 6) is 0.823. The molecule has 2 N–H and O–H groups in total. The lowest BCUT2D eigenvalue weighted by atomic mass is 9.77. The third kappa shape index (κ3) is 6.81. The van der Waals surface area contributed by atoms with Crippen molar-refractivity contribution in [3.8, 4) is 0 Å². The lowest BCUT2D eigenvalue weighted by Crippen LogP contribution is -2.38. The lowest BCUT2D eigenvalue weighted by Gasteiger charge is -2.33. The van der Waals surface area contributed by atoms with E-state index in [2.05, 4.69) is 28.6 Å². The molecule has 0 bridgehead atoms. The number of aromatic nitrogens is 2. The Morgan fingerprint density at radius 1 is 0.921 bits per heavy atom. The van der Waals surface area contributed by atoms with Crippen LogP contribution in [-0.4, -0.2) is 58.7 Å². The van der Waals surface area contributed by atoms with E-state index in [9.17, 15) is 9.59 Å². The van der Waals surface area contributed by atoms with Gasteiger partial charge >= 0.3 is 0 Å². The first-order valence-corrected chi connectivity index (χ1v) is 14.1. The van der Waals surface area contributed by atoms with Crippen molar-refractivity contribution >= 4 is 17.3 Å². The third-order valence-electron chi connectivity index (χ3n) is 7.32. The number of hydrogen-bond acceptors (Lipinski definition) is 4. The minimum absolute atomic E-state index is 0.0394. The summed E-state index contributed by atoms with van der Waals surface area (Å²) in [7, 11) is 2.65. The summed E-state index contributed by atoms with van der Waals surface area (Å²) >= 11 is 0. The summed E-state index contributed by atoms with van der Waals surface area (Å²) in [6.07, 6.45) is 9.15. The number of aliphatic hydroxyl groups excluding tert-OH is 1. The molecule has 3 aromatic rings. The molecule has 0 radical (unpaired) electrons. The highest BCUT2D eigenvalue weighted by molar-refractivity contribution is 6.01. The molecule has 1 saturated heterocycles. The number of nitrogens with one attached hydrogen (secondary N) is 1. The minimum atomic E-state index is -0.102. The monoisotopic (exact) mass is 522 g/mol. The van der Waals surface area contributed by atoms with Gasteiger partial charge in [-0.05, 0) is 85.4 Å². The van der Waals surface area contributed by atoms with Crippen molar-refractivity contribution in [1.29, 1.82) is 0 Å². The number of amides is 2. The number of benzene rings is 1. The first-order valence-electron chi connectivity index (χ1n) is 14.1. The van der Waals surface area contributed by atoms with Gasteiger partial charge in [-0.3, -0.25) is 9.59 Å². The molecule has 2 aromatic heterocycles. The predicted molar refractivity (Wildman–Crippen MR) is 155 cm³/mol. The number of carbonyl (C=O) groups is 2. The van der Waals surface area contributed by atoms with Gasteiger partial charge in [0.05, 0.1) is 5.52 Å². The minimum Gasteiger partial charge on any atom is -0.400 e. The van der Waals surface area contributed by atoms with Crippen LogP contribution < -0.4 is 5.32 Å². The van der Waals surface area contributed by atoms with Gasteiger partial charge in [0.1, 0.15) is 0 Å². The number of pyridine rings is 1. The highest BCUT2D eigenvalue weighted by atomic mass is 16.2. The Morgan fingerprint density at radius 3 is 2.16 bits per heavy atom. The van der Waals surface area contributed by atoms with Gasteiger partial charge in [-0.15, -0.1) is 0 Å². The maximum absolute atomic E-state index is 13.4. The Kier molecular flexibility index (Phi) is 12.5. The first kappa shape index (κ1) is 31.0. The Bertz CT molecular complexity index is 1180. The van der Waals surface area contributed by atoms with Gasteiger partial charge in [0.15, 0.2) is 0 Å². The topological polar surface area (TPSA) is 86.9 Å². The van der Waals surface area contributed by atoms with E-state index in [1.165, 1.54) is 12.0 Å². The molecule has 208 valence electrons. The number of piperidine rings is 1. The van der Waals surface area contributed by atoms with Crippen LogP contribution in [0, 0.1) is 6.92 Å². The standard InChI is InChI=1S/C26H30N4O2.2C2H6.CH4O/c1-17-14-23(19-4-3-5-19)24(25(31)27-2)16-22(17)26(32)29-11-7-18(8-12-29)20-9-13-30-21(15-20)6-10-28-30;3*1-2/h6,9-10,13-16,18-19H,3-5,7-8,11-12H2,1-2H3,(H,27,31);2*1-2H3;2H,1H3. The van der Waals surface area contributed by atoms with Crippen LogP contribution in [0.1, 0.15) is 109 Å². The van der Waals surface area contributed by atoms with Crippen molar-refractivity contribution in [2.45, 2.75) is 78.6 Å². The molecular formula is C31H46N4O3. The molecule has 1 saturated carbocycles. The van der Waals surface area contributed by atoms with E-state index in [-0.39, 0.29) is 11.8 Å². The highest BCUT2D eigenvalue weighted by Gasteiger charge is 2.29. The fourth-order valence-corrected chi connectivity index (χ4v) is 5.13. The van der Waals surface area contributed by atoms with E-state index in [0.29, 0.717) is 23.0 Å². The average molecular weight is 523 g/mol. The molecule has 0 spiro atoms. The van der Waals surface area contributed by atoms with E-state index in [0.717, 1.165) is 62.5 Å². The summed E-state index contributed by atoms with van der Waals surface area (Å²) < 4.78 is 1.88. The van der Waals surface area contributed by atoms with Crippen LogP contribution in [0.15, 0.2) is 42.7 Å². The van der Waals surface area contributed by atoms with Gasteiger partial charge in [0.2, 0.25) is 0 Å². The van der Waals surface area contributed by atoms with E-state index < -0.39 is 0 Å². The number of aliphatic hydroxyl groups is 1. The first-order chi connectivity index (χ1) is 18.5. The second kappa shape index (κ2) is 15.3. The van der Waals surface area contributed by atoms with Crippen LogP contribution in [0.5, 0.6) is 0 Å². The van der Waals surface area contributed by atoms with Gasteiger partial charge in [0.25, 0.3) is 11.8 Å². The molecule has 0 atom stereocenters. The van der Waals surface area contributed by atoms with Crippen molar-refractivity contribution in [1.82, 2.24) is 19.8 Å². The normalized spacial score (nSPS) is 15.1. The predicted octanol–water partition coefficient (Wildman–Crippen LogP) is 5.95. The SMILES string of the molecule is CC.CC.CNC(=O)c1cc(C(=O)N2CCC(c3ccn4nccc4c3)CC2)c(C)cc1C1CCC1.CO. The molecule has 0 unspecified atom stereocenters. The summed E-state index contributed by atoms with van der Waals surface area (Å²) in [6.45, 7) is 11.5. The second-order valence-corrected chi connectivity index (χ2v) is 9.19. The van der Waals surface area contributed by atoms with Gasteiger partial charge in [-0.2, -0.15) is 5.10 Å². The number of likely N-dealkylation sites (tertiary alicyclic amines) is 1. The maximum atomic E-state index is 13.4. The lowest BCUT2D eigenvalue weighted by molar-refractivity contribution is 0.0712. The second-order valence-electron chi connectivity index (χ2n) is 9.19. The van der Waals surface area contributed by atoms with Crippen LogP contribution in [0.3, 0.4) is 0 Å². The molecule has 3 heterocycles. The molecule has 7 heteroatoms. The third-order valence-corrected chi connectivity index (χ3v) is 7.32. The van der Waals surface area contributed by atoms with Crippen LogP contribution in [0.4, 0.5) is 0 Å². The Balaban J connectivity index is 0.000000791. The summed E-state index contributed by atoms with van der Waals surface area (Å²) in [6, 6.07) is 10.3. The fourth-order valence-electron chi connectivity index (χ4n) is 5.13. The molecule has 2 fully saturated rings. The zero-order valence-corrected chi connectivity index (χ0v) is 24.3. The van der Waals surface area contributed by atoms with Crippen molar-refractivity contribution in [2.75, 3.05) is 27.2 Å². The zero-order chi connectivity index (χ0) is 28.2. The van der Waals surface area contributed by atoms with E-state index in [1.807, 2.05) is 68.6 Å². The van der Waals surface area contributed by atoms with Crippen molar-refractivity contribution < 1.29 is 14.7 Å². The molecule has 2 amide bonds. The number of fused-ring (bicyclic) bond motifs is 1. The molecule has 1 aliphatic carbocycles. The Labute approximate surface area is 228 Å². The fraction of sp³-hybridized carbons (Fsp3) is 0.516.